The van der Waals surface area contributed by atoms with Gasteiger partial charge in [-0.2, -0.15) is 0 Å². The summed E-state index contributed by atoms with van der Waals surface area (Å²) in [5.41, 5.74) is 0.986. The first-order valence-corrected chi connectivity index (χ1v) is 8.92. The summed E-state index contributed by atoms with van der Waals surface area (Å²) >= 11 is 0. The van der Waals surface area contributed by atoms with Crippen molar-refractivity contribution in [2.24, 2.45) is 5.92 Å². The number of nitrogens with zero attached hydrogens (tertiary/aromatic N) is 3. The van der Waals surface area contributed by atoms with Gasteiger partial charge in [0.15, 0.2) is 0 Å². The highest BCUT2D eigenvalue weighted by Gasteiger charge is 2.21. The number of anilines is 1. The zero-order valence-electron chi connectivity index (χ0n) is 15.8. The number of carbonyl (C=O) groups excluding carboxylic acids is 1. The average Bonchev–Trinajstić information content (AvgIpc) is 2.58. The molecular formula is C18H31N5O2. The molecule has 2 N–H and O–H groups in total. The van der Waals surface area contributed by atoms with Gasteiger partial charge >= 0.3 is 6.03 Å². The van der Waals surface area contributed by atoms with Gasteiger partial charge in [0.25, 0.3) is 0 Å². The molecule has 1 aliphatic rings. The number of aromatic nitrogens is 1. The van der Waals surface area contributed by atoms with Gasteiger partial charge in [-0.15, -0.1) is 0 Å². The van der Waals surface area contributed by atoms with Gasteiger partial charge in [-0.05, 0) is 12.0 Å². The summed E-state index contributed by atoms with van der Waals surface area (Å²) in [6, 6.07) is 3.66. The topological polar surface area (TPSA) is 69.7 Å². The number of carbonyl (C=O) groups is 1. The fraction of sp³-hybridized carbons (Fsp3) is 0.667. The number of nitrogens with one attached hydrogen (secondary N) is 2. The maximum Gasteiger partial charge on any atom is 0.315 e. The van der Waals surface area contributed by atoms with E-state index in [0.717, 1.165) is 37.6 Å². The number of morpholine rings is 1. The van der Waals surface area contributed by atoms with E-state index >= 15 is 0 Å². The average molecular weight is 349 g/mol. The van der Waals surface area contributed by atoms with Crippen molar-refractivity contribution in [1.82, 2.24) is 20.5 Å². The normalized spacial score (nSPS) is 18.2. The molecule has 7 heteroatoms. The molecular weight excluding hydrogens is 318 g/mol. The van der Waals surface area contributed by atoms with Gasteiger partial charge < -0.3 is 20.3 Å². The van der Waals surface area contributed by atoms with Crippen LogP contribution in [0.25, 0.3) is 0 Å². The Morgan fingerprint density at radius 1 is 1.44 bits per heavy atom. The Bertz CT molecular complexity index is 550. The highest BCUT2D eigenvalue weighted by molar-refractivity contribution is 5.74. The molecule has 1 aromatic rings. The summed E-state index contributed by atoms with van der Waals surface area (Å²) in [4.78, 5) is 20.7. The summed E-state index contributed by atoms with van der Waals surface area (Å²) in [5, 5.41) is 5.80. The highest BCUT2D eigenvalue weighted by atomic mass is 16.5. The smallest absolute Gasteiger partial charge is 0.315 e. The fourth-order valence-corrected chi connectivity index (χ4v) is 3.00. The zero-order valence-corrected chi connectivity index (χ0v) is 15.8. The lowest BCUT2D eigenvalue weighted by molar-refractivity contribution is -0.0290. The Morgan fingerprint density at radius 2 is 2.24 bits per heavy atom. The first kappa shape index (κ1) is 19.5. The standard InChI is InChI=1S/C18H31N5O2/c1-14(2)12-23-8-9-25-16(13-23)11-21-18(24)20-10-15-6-5-7-19-17(15)22(3)4/h5-7,14,16H,8-13H2,1-4H3,(H2,20,21,24). The van der Waals surface area contributed by atoms with E-state index in [9.17, 15) is 4.79 Å². The lowest BCUT2D eigenvalue weighted by Crippen LogP contribution is -2.49. The first-order chi connectivity index (χ1) is 12.0. The zero-order chi connectivity index (χ0) is 18.2. The van der Waals surface area contributed by atoms with Crippen LogP contribution in [0.1, 0.15) is 19.4 Å². The van der Waals surface area contributed by atoms with Crippen molar-refractivity contribution in [3.8, 4) is 0 Å². The van der Waals surface area contributed by atoms with Crippen molar-refractivity contribution in [2.45, 2.75) is 26.5 Å². The fourth-order valence-electron chi connectivity index (χ4n) is 3.00. The van der Waals surface area contributed by atoms with Crippen molar-refractivity contribution >= 4 is 11.8 Å². The molecule has 1 saturated heterocycles. The van der Waals surface area contributed by atoms with Crippen LogP contribution in [-0.4, -0.2) is 68.9 Å². The summed E-state index contributed by atoms with van der Waals surface area (Å²) in [6.07, 6.45) is 1.80. The molecule has 1 aliphatic heterocycles. The van der Waals surface area contributed by atoms with E-state index < -0.39 is 0 Å². The largest absolute Gasteiger partial charge is 0.374 e. The Labute approximate surface area is 150 Å². The molecule has 0 radical (unpaired) electrons. The van der Waals surface area contributed by atoms with Gasteiger partial charge in [0.2, 0.25) is 0 Å². The maximum absolute atomic E-state index is 12.1. The molecule has 1 aromatic heterocycles. The summed E-state index contributed by atoms with van der Waals surface area (Å²) in [5.74, 6) is 1.50. The Hall–Kier alpha value is -1.86. The molecule has 1 unspecified atom stereocenters. The molecule has 1 fully saturated rings. The van der Waals surface area contributed by atoms with Crippen molar-refractivity contribution in [3.63, 3.8) is 0 Å². The number of ether oxygens (including phenoxy) is 1. The third kappa shape index (κ3) is 6.51. The van der Waals surface area contributed by atoms with E-state index in [1.807, 2.05) is 31.1 Å². The maximum atomic E-state index is 12.1. The molecule has 0 saturated carbocycles. The Balaban J connectivity index is 1.74. The van der Waals surface area contributed by atoms with E-state index in [0.29, 0.717) is 19.0 Å². The van der Waals surface area contributed by atoms with Gasteiger partial charge in [0.05, 0.1) is 12.7 Å². The van der Waals surface area contributed by atoms with E-state index in [1.165, 1.54) is 0 Å². The van der Waals surface area contributed by atoms with Gasteiger partial charge in [-0.1, -0.05) is 19.9 Å². The van der Waals surface area contributed by atoms with Crippen LogP contribution in [0.4, 0.5) is 10.6 Å². The highest BCUT2D eigenvalue weighted by Crippen LogP contribution is 2.13. The first-order valence-electron chi connectivity index (χ1n) is 8.92. The molecule has 1 atom stereocenters. The number of hydrogen-bond acceptors (Lipinski definition) is 5. The predicted molar refractivity (Wildman–Crippen MR) is 99.8 cm³/mol. The molecule has 2 heterocycles. The SMILES string of the molecule is CC(C)CN1CCOC(CNC(=O)NCc2cccnc2N(C)C)C1. The Kier molecular flexibility index (Phi) is 7.46. The molecule has 2 rings (SSSR count). The van der Waals surface area contributed by atoms with Crippen LogP contribution in [0.2, 0.25) is 0 Å². The second-order valence-electron chi connectivity index (χ2n) is 7.09. The molecule has 140 valence electrons. The van der Waals surface area contributed by atoms with Crippen LogP contribution >= 0.6 is 0 Å². The quantitative estimate of drug-likeness (QED) is 0.777. The van der Waals surface area contributed by atoms with Gasteiger partial charge in [0, 0.05) is 58.6 Å². The van der Waals surface area contributed by atoms with E-state index in [4.69, 9.17) is 4.74 Å². The van der Waals surface area contributed by atoms with Crippen LogP contribution in [0.5, 0.6) is 0 Å². The van der Waals surface area contributed by atoms with Crippen molar-refractivity contribution < 1.29 is 9.53 Å². The molecule has 0 aromatic carbocycles. The van der Waals surface area contributed by atoms with Gasteiger partial charge in [0.1, 0.15) is 5.82 Å². The van der Waals surface area contributed by atoms with Crippen molar-refractivity contribution in [1.29, 1.82) is 0 Å². The molecule has 7 nitrogen and oxygen atoms in total. The van der Waals surface area contributed by atoms with E-state index in [-0.39, 0.29) is 12.1 Å². The van der Waals surface area contributed by atoms with Crippen LogP contribution < -0.4 is 15.5 Å². The van der Waals surface area contributed by atoms with Crippen molar-refractivity contribution in [3.05, 3.63) is 23.9 Å². The minimum atomic E-state index is -0.182. The summed E-state index contributed by atoms with van der Waals surface area (Å²) in [7, 11) is 3.88. The lowest BCUT2D eigenvalue weighted by atomic mass is 10.2. The van der Waals surface area contributed by atoms with Gasteiger partial charge in [-0.25, -0.2) is 9.78 Å². The number of urea groups is 1. The molecule has 0 aliphatic carbocycles. The molecule has 0 spiro atoms. The second kappa shape index (κ2) is 9.58. The third-order valence-electron chi connectivity index (χ3n) is 4.07. The second-order valence-corrected chi connectivity index (χ2v) is 7.09. The number of rotatable bonds is 7. The van der Waals surface area contributed by atoms with Crippen LogP contribution in [-0.2, 0) is 11.3 Å². The molecule has 0 bridgehead atoms. The number of pyridine rings is 1. The number of amides is 2. The van der Waals surface area contributed by atoms with E-state index in [1.54, 1.807) is 6.20 Å². The summed E-state index contributed by atoms with van der Waals surface area (Å²) in [6.45, 7) is 9.03. The van der Waals surface area contributed by atoms with Crippen LogP contribution in [0.3, 0.4) is 0 Å². The van der Waals surface area contributed by atoms with Crippen LogP contribution in [0.15, 0.2) is 18.3 Å². The van der Waals surface area contributed by atoms with Crippen molar-refractivity contribution in [2.75, 3.05) is 51.8 Å². The monoisotopic (exact) mass is 349 g/mol. The number of hydrogen-bond donors (Lipinski definition) is 2. The van der Waals surface area contributed by atoms with E-state index in [2.05, 4.69) is 34.4 Å². The lowest BCUT2D eigenvalue weighted by Gasteiger charge is -2.33. The Morgan fingerprint density at radius 3 is 2.96 bits per heavy atom. The minimum Gasteiger partial charge on any atom is -0.374 e. The summed E-state index contributed by atoms with van der Waals surface area (Å²) < 4.78 is 5.75. The predicted octanol–water partition coefficient (Wildman–Crippen LogP) is 1.30. The minimum absolute atomic E-state index is 0.0500. The molecule has 2 amide bonds. The van der Waals surface area contributed by atoms with Crippen LogP contribution in [0, 0.1) is 5.92 Å². The van der Waals surface area contributed by atoms with Gasteiger partial charge in [-0.3, -0.25) is 4.90 Å². The third-order valence-corrected chi connectivity index (χ3v) is 4.07. The molecule has 25 heavy (non-hydrogen) atoms.